The zero-order valence-corrected chi connectivity index (χ0v) is 46.1. The van der Waals surface area contributed by atoms with E-state index >= 15 is 8.78 Å². The minimum Gasteiger partial charge on any atom is -0.545 e. The van der Waals surface area contributed by atoms with E-state index in [1.165, 1.54) is 73.2 Å². The topological polar surface area (TPSA) is 201 Å². The molecule has 0 aliphatic rings. The minimum atomic E-state index is -2.07. The number of rotatable bonds is 10. The maximum atomic E-state index is 15.2. The summed E-state index contributed by atoms with van der Waals surface area (Å²) in [4.78, 5) is 49.8. The normalized spacial score (nSPS) is 12.1. The lowest BCUT2D eigenvalue weighted by molar-refractivity contribution is -0.458. The third kappa shape index (κ3) is 13.0. The van der Waals surface area contributed by atoms with E-state index in [1.54, 1.807) is 62.6 Å². The second-order valence-corrected chi connectivity index (χ2v) is 21.7. The first kappa shape index (κ1) is 58.0. The Hall–Kier alpha value is -6.30. The van der Waals surface area contributed by atoms with Crippen molar-refractivity contribution in [1.29, 1.82) is 0 Å². The summed E-state index contributed by atoms with van der Waals surface area (Å²) in [6, 6.07) is 15.9. The van der Waals surface area contributed by atoms with Gasteiger partial charge in [0, 0.05) is 50.4 Å². The number of nitrogens with zero attached hydrogens (tertiary/aromatic N) is 4. The van der Waals surface area contributed by atoms with Gasteiger partial charge in [-0.1, -0.05) is 110 Å². The standard InChI is InChI=1S/2C25H18Cl3FN2O4.C4H11N/c2*1-12-11-31(17-6-4-5-13(19(12)17)7-8-18(32)33)24(34)21-22(30-35-23(21)25(2,3)29)20-15(27)9-14(26)10-16(20)28;1-4(2,3)5/h2*4-11H,1-3H3,(H,32,33);5H2,1-3H3/b2*8-7+;. The van der Waals surface area contributed by atoms with Crippen molar-refractivity contribution in [1.82, 2.24) is 19.4 Å². The highest BCUT2D eigenvalue weighted by atomic mass is 35.5. The van der Waals surface area contributed by atoms with Crippen molar-refractivity contribution in [3.8, 4) is 22.5 Å². The molecule has 4 aromatic carbocycles. The largest absolute Gasteiger partial charge is 0.545 e. The smallest absolute Gasteiger partial charge is 0.328 e. The Labute approximate surface area is 459 Å². The van der Waals surface area contributed by atoms with Gasteiger partial charge in [-0.2, -0.15) is 0 Å². The van der Waals surface area contributed by atoms with Crippen molar-refractivity contribution in [3.63, 3.8) is 0 Å². The van der Waals surface area contributed by atoms with E-state index in [2.05, 4.69) is 36.8 Å². The van der Waals surface area contributed by atoms with E-state index in [4.69, 9.17) is 83.8 Å². The van der Waals surface area contributed by atoms with E-state index in [9.17, 15) is 24.3 Å². The third-order valence-electron chi connectivity index (χ3n) is 10.7. The molecule has 0 aliphatic carbocycles. The molecule has 0 aliphatic heterocycles. The van der Waals surface area contributed by atoms with Crippen LogP contribution in [0.5, 0.6) is 0 Å². The highest BCUT2D eigenvalue weighted by molar-refractivity contribution is 6.43. The Balaban J connectivity index is 0.000000224. The fourth-order valence-corrected chi connectivity index (χ4v) is 9.86. The maximum Gasteiger partial charge on any atom is 0.328 e. The van der Waals surface area contributed by atoms with E-state index in [-0.39, 0.29) is 80.8 Å². The summed E-state index contributed by atoms with van der Waals surface area (Å²) in [6.45, 7) is 14.7. The Bertz CT molecular complexity index is 3350. The number of quaternary nitrogens is 1. The lowest BCUT2D eigenvalue weighted by Crippen LogP contribution is -2.67. The molecule has 0 saturated heterocycles. The van der Waals surface area contributed by atoms with Gasteiger partial charge in [0.15, 0.2) is 22.9 Å². The molecule has 0 unspecified atom stereocenters. The summed E-state index contributed by atoms with van der Waals surface area (Å²) in [5, 5.41) is 30.1. The molecule has 392 valence electrons. The summed E-state index contributed by atoms with van der Waals surface area (Å²) < 4.78 is 43.6. The number of carbonyl (C=O) groups excluding carboxylic acids is 3. The van der Waals surface area contributed by atoms with Crippen molar-refractivity contribution in [2.45, 2.75) is 79.2 Å². The second-order valence-electron chi connectivity index (χ2n) is 19.2. The fourth-order valence-electron chi connectivity index (χ4n) is 7.87. The number of fused-ring (bicyclic) bond motifs is 2. The van der Waals surface area contributed by atoms with Crippen LogP contribution in [-0.4, -0.2) is 53.8 Å². The predicted molar refractivity (Wildman–Crippen MR) is 288 cm³/mol. The molecule has 8 rings (SSSR count). The molecule has 75 heavy (non-hydrogen) atoms. The third-order valence-corrected chi connectivity index (χ3v) is 12.4. The van der Waals surface area contributed by atoms with Crippen LogP contribution in [0, 0.1) is 13.8 Å². The van der Waals surface area contributed by atoms with Gasteiger partial charge in [-0.25, -0.2) is 13.6 Å². The van der Waals surface area contributed by atoms with Gasteiger partial charge in [0.05, 0.1) is 42.6 Å². The van der Waals surface area contributed by atoms with Gasteiger partial charge in [0.25, 0.3) is 11.8 Å². The number of carboxylic acid groups (broad SMARTS) is 2. The number of aryl methyl sites for hydroxylation is 2. The number of aromatic nitrogens is 4. The van der Waals surface area contributed by atoms with E-state index in [0.29, 0.717) is 44.1 Å². The molecular formula is C54H47Cl6F2N5O8. The van der Waals surface area contributed by atoms with Crippen LogP contribution in [0.3, 0.4) is 0 Å². The molecule has 21 heteroatoms. The summed E-state index contributed by atoms with van der Waals surface area (Å²) in [5.41, 5.74) is 3.41. The van der Waals surface area contributed by atoms with E-state index in [1.807, 2.05) is 0 Å². The van der Waals surface area contributed by atoms with Crippen LogP contribution in [0.15, 0.2) is 94.3 Å². The minimum absolute atomic E-state index is 0.0242. The molecule has 0 bridgehead atoms. The fraction of sp³-hybridized carbons (Fsp3) is 0.222. The first-order valence-electron chi connectivity index (χ1n) is 22.4. The number of alkyl halides is 2. The summed E-state index contributed by atoms with van der Waals surface area (Å²) in [5.74, 6) is -4.30. The van der Waals surface area contributed by atoms with Gasteiger partial charge in [-0.05, 0) is 133 Å². The van der Waals surface area contributed by atoms with Gasteiger partial charge in [-0.15, -0.1) is 0 Å². The molecule has 0 spiro atoms. The van der Waals surface area contributed by atoms with Gasteiger partial charge in [0.1, 0.15) is 22.5 Å². The number of aliphatic carboxylic acids is 2. The average Bonchev–Trinajstić information content (AvgIpc) is 4.07. The van der Waals surface area contributed by atoms with Crippen molar-refractivity contribution < 1.29 is 53.0 Å². The molecule has 4 N–H and O–H groups in total. The lowest BCUT2D eigenvalue weighted by atomic mass is 9.98. The van der Waals surface area contributed by atoms with E-state index in [0.717, 1.165) is 12.2 Å². The van der Waals surface area contributed by atoms with Crippen molar-refractivity contribution in [3.05, 3.63) is 160 Å². The monoisotopic (exact) mass is 1140 g/mol. The number of carbonyl (C=O) groups is 4. The van der Waals surface area contributed by atoms with Gasteiger partial charge < -0.3 is 29.8 Å². The lowest BCUT2D eigenvalue weighted by Gasteiger charge is -2.14. The second kappa shape index (κ2) is 22.5. The SMILES string of the molecule is CC(C)(C)[NH3+].Cc1cn(C(=O)c2c(-c3c(Cl)cc(Cl)cc3Cl)noc2C(C)(C)F)c2cccc(/C=C/C(=O)O)c12.Cc1cn(C(=O)c2c(-c3c(Cl)cc(Cl)cc3Cl)noc2C(C)(C)F)c2cccc(/C=C/C(=O)[O-])c12. The molecule has 13 nitrogen and oxygen atoms in total. The van der Waals surface area contributed by atoms with Crippen LogP contribution in [0.4, 0.5) is 8.78 Å². The Kier molecular flexibility index (Phi) is 17.4. The highest BCUT2D eigenvalue weighted by Gasteiger charge is 2.38. The highest BCUT2D eigenvalue weighted by Crippen LogP contribution is 2.44. The van der Waals surface area contributed by atoms with Gasteiger partial charge in [-0.3, -0.25) is 18.7 Å². The number of carboxylic acids is 2. The number of benzene rings is 4. The number of hydrogen-bond donors (Lipinski definition) is 2. The maximum absolute atomic E-state index is 15.2. The van der Waals surface area contributed by atoms with Gasteiger partial charge >= 0.3 is 5.97 Å². The number of halogens is 8. The first-order valence-corrected chi connectivity index (χ1v) is 24.7. The number of hydrogen-bond acceptors (Lipinski definition) is 9. The van der Waals surface area contributed by atoms with Crippen LogP contribution < -0.4 is 10.8 Å². The quantitative estimate of drug-likeness (QED) is 0.124. The molecule has 0 radical (unpaired) electrons. The first-order chi connectivity index (χ1) is 34.8. The summed E-state index contributed by atoms with van der Waals surface area (Å²) >= 11 is 37.6. The molecule has 4 heterocycles. The molecule has 0 amide bonds. The van der Waals surface area contributed by atoms with Crippen LogP contribution in [0.25, 0.3) is 56.5 Å². The molecular weight excluding hydrogens is 1100 g/mol. The Morgan fingerprint density at radius 2 is 0.960 bits per heavy atom. The molecule has 0 fully saturated rings. The van der Waals surface area contributed by atoms with Crippen molar-refractivity contribution >= 4 is 127 Å². The molecule has 8 aromatic rings. The predicted octanol–water partition coefficient (Wildman–Crippen LogP) is 13.8. The molecule has 0 atom stereocenters. The summed E-state index contributed by atoms with van der Waals surface area (Å²) in [7, 11) is 0. The summed E-state index contributed by atoms with van der Waals surface area (Å²) in [6.07, 6.45) is 7.90. The van der Waals surface area contributed by atoms with Crippen LogP contribution in [-0.2, 0) is 20.9 Å². The average molecular weight is 1140 g/mol. The molecule has 0 saturated carbocycles. The zero-order valence-electron chi connectivity index (χ0n) is 41.6. The Morgan fingerprint density at radius 3 is 1.27 bits per heavy atom. The van der Waals surface area contributed by atoms with Crippen molar-refractivity contribution in [2.75, 3.05) is 0 Å². The van der Waals surface area contributed by atoms with Crippen molar-refractivity contribution in [2.24, 2.45) is 0 Å². The van der Waals surface area contributed by atoms with E-state index < -0.39 is 35.1 Å². The van der Waals surface area contributed by atoms with Gasteiger partial charge in [0.2, 0.25) is 0 Å². The Morgan fingerprint density at radius 1 is 0.627 bits per heavy atom. The van der Waals surface area contributed by atoms with Crippen LogP contribution in [0.1, 0.15) is 103 Å². The zero-order chi connectivity index (χ0) is 55.8. The molecule has 4 aromatic heterocycles. The van der Waals surface area contributed by atoms with Crippen LogP contribution >= 0.6 is 69.6 Å². The van der Waals surface area contributed by atoms with Crippen LogP contribution in [0.2, 0.25) is 30.1 Å².